The molecule has 0 saturated carbocycles. The van der Waals surface area contributed by atoms with E-state index in [2.05, 4.69) is 10.5 Å². The van der Waals surface area contributed by atoms with Gasteiger partial charge < -0.3 is 9.84 Å². The number of anilines is 1. The minimum absolute atomic E-state index is 0.171. The lowest BCUT2D eigenvalue weighted by Crippen LogP contribution is -2.12. The first-order valence-corrected chi connectivity index (χ1v) is 7.30. The number of hydrogen-bond acceptors (Lipinski definition) is 5. The summed E-state index contributed by atoms with van der Waals surface area (Å²) >= 11 is 0. The number of amides is 1. The van der Waals surface area contributed by atoms with E-state index in [1.807, 2.05) is 0 Å². The summed E-state index contributed by atoms with van der Waals surface area (Å²) in [7, 11) is -3.24. The summed E-state index contributed by atoms with van der Waals surface area (Å²) in [6.07, 6.45) is 1.12. The zero-order chi connectivity index (χ0) is 14.0. The standard InChI is InChI=1S/C12H12N2O4S/c1-8-7-11(14-18-8)12(15)13-9-3-5-10(6-4-9)19(2,16)17/h3-7H,1-2H3,(H,13,15). The average molecular weight is 280 g/mol. The Kier molecular flexibility index (Phi) is 3.39. The van der Waals surface area contributed by atoms with E-state index < -0.39 is 15.7 Å². The monoisotopic (exact) mass is 280 g/mol. The van der Waals surface area contributed by atoms with Crippen molar-refractivity contribution >= 4 is 21.4 Å². The SMILES string of the molecule is Cc1cc(C(=O)Nc2ccc(S(C)(=O)=O)cc2)no1. The largest absolute Gasteiger partial charge is 0.361 e. The summed E-state index contributed by atoms with van der Waals surface area (Å²) in [4.78, 5) is 12.0. The second-order valence-electron chi connectivity index (χ2n) is 4.07. The van der Waals surface area contributed by atoms with E-state index in [0.717, 1.165) is 6.26 Å². The predicted molar refractivity (Wildman–Crippen MR) is 68.7 cm³/mol. The summed E-state index contributed by atoms with van der Waals surface area (Å²) in [6.45, 7) is 1.69. The minimum atomic E-state index is -3.24. The third-order valence-corrected chi connectivity index (χ3v) is 3.53. The molecule has 0 spiro atoms. The van der Waals surface area contributed by atoms with Crippen LogP contribution in [-0.2, 0) is 9.84 Å². The van der Waals surface area contributed by atoms with Gasteiger partial charge in [-0.05, 0) is 31.2 Å². The Hall–Kier alpha value is -2.15. The number of rotatable bonds is 3. The molecule has 1 aromatic carbocycles. The molecule has 1 N–H and O–H groups in total. The molecule has 0 atom stereocenters. The quantitative estimate of drug-likeness (QED) is 0.923. The number of aryl methyl sites for hydroxylation is 1. The molecular formula is C12H12N2O4S. The molecule has 1 heterocycles. The Morgan fingerprint density at radius 1 is 1.26 bits per heavy atom. The van der Waals surface area contributed by atoms with E-state index in [4.69, 9.17) is 4.52 Å². The highest BCUT2D eigenvalue weighted by Crippen LogP contribution is 2.14. The Labute approximate surface area is 110 Å². The summed E-state index contributed by atoms with van der Waals surface area (Å²) in [5.74, 6) is 0.126. The Balaban J connectivity index is 2.14. The number of aromatic nitrogens is 1. The molecule has 0 saturated heterocycles. The van der Waals surface area contributed by atoms with Gasteiger partial charge in [0.15, 0.2) is 15.5 Å². The third kappa shape index (κ3) is 3.19. The van der Waals surface area contributed by atoms with Crippen molar-refractivity contribution < 1.29 is 17.7 Å². The topological polar surface area (TPSA) is 89.3 Å². The van der Waals surface area contributed by atoms with Gasteiger partial charge in [0.2, 0.25) is 0 Å². The van der Waals surface area contributed by atoms with Crippen LogP contribution in [0.2, 0.25) is 0 Å². The normalized spacial score (nSPS) is 11.3. The second-order valence-corrected chi connectivity index (χ2v) is 6.09. The number of carbonyl (C=O) groups is 1. The molecule has 0 fully saturated rings. The van der Waals surface area contributed by atoms with Crippen molar-refractivity contribution in [2.75, 3.05) is 11.6 Å². The van der Waals surface area contributed by atoms with Crippen LogP contribution in [-0.4, -0.2) is 25.7 Å². The van der Waals surface area contributed by atoms with Crippen LogP contribution in [0.15, 0.2) is 39.8 Å². The van der Waals surface area contributed by atoms with Crippen molar-refractivity contribution in [1.82, 2.24) is 5.16 Å². The van der Waals surface area contributed by atoms with Crippen LogP contribution in [0.3, 0.4) is 0 Å². The van der Waals surface area contributed by atoms with E-state index in [9.17, 15) is 13.2 Å². The molecule has 19 heavy (non-hydrogen) atoms. The van der Waals surface area contributed by atoms with Crippen molar-refractivity contribution in [3.05, 3.63) is 41.8 Å². The van der Waals surface area contributed by atoms with Crippen molar-refractivity contribution in [2.24, 2.45) is 0 Å². The van der Waals surface area contributed by atoms with Crippen LogP contribution in [0.4, 0.5) is 5.69 Å². The molecule has 2 rings (SSSR count). The van der Waals surface area contributed by atoms with E-state index in [-0.39, 0.29) is 10.6 Å². The van der Waals surface area contributed by atoms with Crippen LogP contribution in [0.25, 0.3) is 0 Å². The zero-order valence-corrected chi connectivity index (χ0v) is 11.2. The maximum Gasteiger partial charge on any atom is 0.277 e. The lowest BCUT2D eigenvalue weighted by molar-refractivity contribution is 0.101. The molecule has 7 heteroatoms. The van der Waals surface area contributed by atoms with Crippen molar-refractivity contribution in [2.45, 2.75) is 11.8 Å². The number of nitrogens with one attached hydrogen (secondary N) is 1. The van der Waals surface area contributed by atoms with E-state index in [1.165, 1.54) is 30.3 Å². The lowest BCUT2D eigenvalue weighted by Gasteiger charge is -2.03. The van der Waals surface area contributed by atoms with Gasteiger partial charge in [-0.3, -0.25) is 4.79 Å². The van der Waals surface area contributed by atoms with Gasteiger partial charge in [-0.15, -0.1) is 0 Å². The molecule has 6 nitrogen and oxygen atoms in total. The first-order valence-electron chi connectivity index (χ1n) is 5.41. The van der Waals surface area contributed by atoms with Gasteiger partial charge >= 0.3 is 0 Å². The van der Waals surface area contributed by atoms with E-state index in [0.29, 0.717) is 11.4 Å². The molecule has 0 unspecified atom stereocenters. The van der Waals surface area contributed by atoms with Gasteiger partial charge in [0.1, 0.15) is 5.76 Å². The second kappa shape index (κ2) is 4.85. The van der Waals surface area contributed by atoms with E-state index >= 15 is 0 Å². The molecule has 1 aromatic heterocycles. The van der Waals surface area contributed by atoms with Crippen LogP contribution in [0.1, 0.15) is 16.2 Å². The Morgan fingerprint density at radius 3 is 2.37 bits per heavy atom. The molecule has 2 aromatic rings. The average Bonchev–Trinajstić information content (AvgIpc) is 2.75. The number of carbonyl (C=O) groups excluding carboxylic acids is 1. The van der Waals surface area contributed by atoms with Gasteiger partial charge in [0.05, 0.1) is 4.90 Å². The van der Waals surface area contributed by atoms with Gasteiger partial charge in [0.25, 0.3) is 5.91 Å². The highest BCUT2D eigenvalue weighted by Gasteiger charge is 2.12. The highest BCUT2D eigenvalue weighted by atomic mass is 32.2. The first kappa shape index (κ1) is 13.3. The molecule has 0 bridgehead atoms. The maximum atomic E-state index is 11.8. The first-order chi connectivity index (χ1) is 8.86. The Morgan fingerprint density at radius 2 is 1.89 bits per heavy atom. The third-order valence-electron chi connectivity index (χ3n) is 2.40. The maximum absolute atomic E-state index is 11.8. The van der Waals surface area contributed by atoms with Gasteiger partial charge in [-0.2, -0.15) is 0 Å². The van der Waals surface area contributed by atoms with Crippen LogP contribution in [0, 0.1) is 6.92 Å². The summed E-state index contributed by atoms with van der Waals surface area (Å²) < 4.78 is 27.4. The molecule has 0 aliphatic heterocycles. The zero-order valence-electron chi connectivity index (χ0n) is 10.4. The molecule has 0 aliphatic carbocycles. The minimum Gasteiger partial charge on any atom is -0.361 e. The van der Waals surface area contributed by atoms with Gasteiger partial charge in [-0.1, -0.05) is 5.16 Å². The number of hydrogen-bond donors (Lipinski definition) is 1. The van der Waals surface area contributed by atoms with Crippen molar-refractivity contribution in [3.8, 4) is 0 Å². The number of benzene rings is 1. The van der Waals surface area contributed by atoms with Crippen LogP contribution < -0.4 is 5.32 Å². The summed E-state index contributed by atoms with van der Waals surface area (Å²) in [5, 5.41) is 6.18. The number of nitrogens with zero attached hydrogens (tertiary/aromatic N) is 1. The van der Waals surface area contributed by atoms with Crippen LogP contribution in [0.5, 0.6) is 0 Å². The summed E-state index contributed by atoms with van der Waals surface area (Å²) in [5.41, 5.74) is 0.655. The molecular weight excluding hydrogens is 268 g/mol. The van der Waals surface area contributed by atoms with Crippen molar-refractivity contribution in [1.29, 1.82) is 0 Å². The molecule has 0 aliphatic rings. The predicted octanol–water partition coefficient (Wildman–Crippen LogP) is 1.64. The highest BCUT2D eigenvalue weighted by molar-refractivity contribution is 7.90. The van der Waals surface area contributed by atoms with E-state index in [1.54, 1.807) is 6.92 Å². The smallest absolute Gasteiger partial charge is 0.277 e. The molecule has 1 amide bonds. The fraction of sp³-hybridized carbons (Fsp3) is 0.167. The van der Waals surface area contributed by atoms with Crippen LogP contribution >= 0.6 is 0 Å². The van der Waals surface area contributed by atoms with Gasteiger partial charge in [-0.25, -0.2) is 8.42 Å². The number of sulfone groups is 1. The molecule has 0 radical (unpaired) electrons. The summed E-state index contributed by atoms with van der Waals surface area (Å²) in [6, 6.07) is 7.40. The Bertz CT molecular complexity index is 702. The lowest BCUT2D eigenvalue weighted by atomic mass is 10.3. The molecule has 100 valence electrons. The van der Waals surface area contributed by atoms with Gasteiger partial charge in [0, 0.05) is 18.0 Å². The van der Waals surface area contributed by atoms with Crippen molar-refractivity contribution in [3.63, 3.8) is 0 Å². The fourth-order valence-corrected chi connectivity index (χ4v) is 2.08. The fourth-order valence-electron chi connectivity index (χ4n) is 1.45.